The lowest BCUT2D eigenvalue weighted by molar-refractivity contribution is 0.0937. The van der Waals surface area contributed by atoms with Crippen LogP contribution in [-0.2, 0) is 17.0 Å². The molecule has 0 radical (unpaired) electrons. The molecule has 1 aliphatic heterocycles. The first kappa shape index (κ1) is 20.3. The molecule has 1 fully saturated rings. The Morgan fingerprint density at radius 2 is 1.97 bits per heavy atom. The minimum absolute atomic E-state index is 0.0365. The highest BCUT2D eigenvalue weighted by molar-refractivity contribution is 7.98. The van der Waals surface area contributed by atoms with Gasteiger partial charge in [-0.15, -0.1) is 0 Å². The third-order valence-electron chi connectivity index (χ3n) is 5.23. The van der Waals surface area contributed by atoms with Crippen LogP contribution in [0.5, 0.6) is 0 Å². The number of hydrogen-bond acceptors (Lipinski definition) is 6. The largest absolute Gasteiger partial charge is 0.444 e. The van der Waals surface area contributed by atoms with E-state index < -0.39 is 0 Å². The molecule has 0 bridgehead atoms. The summed E-state index contributed by atoms with van der Waals surface area (Å²) in [5, 5.41) is 1.95. The smallest absolute Gasteiger partial charge is 0.262 e. The van der Waals surface area contributed by atoms with E-state index in [4.69, 9.17) is 25.7 Å². The molecular formula is C23H20ClN3O3S. The van der Waals surface area contributed by atoms with Crippen LogP contribution in [0.15, 0.2) is 69.2 Å². The lowest BCUT2D eigenvalue weighted by atomic mass is 10.2. The summed E-state index contributed by atoms with van der Waals surface area (Å²) in [6.45, 7) is 1.25. The molecule has 0 N–H and O–H groups in total. The average molecular weight is 454 g/mol. The number of para-hydroxylation sites is 1. The summed E-state index contributed by atoms with van der Waals surface area (Å²) in [5.74, 6) is 1.07. The molecule has 0 amide bonds. The molecule has 1 atom stereocenters. The van der Waals surface area contributed by atoms with Crippen molar-refractivity contribution >= 4 is 34.3 Å². The van der Waals surface area contributed by atoms with Crippen molar-refractivity contribution in [3.8, 4) is 11.5 Å². The molecule has 8 heteroatoms. The van der Waals surface area contributed by atoms with E-state index in [-0.39, 0.29) is 11.7 Å². The zero-order chi connectivity index (χ0) is 21.2. The fourth-order valence-corrected chi connectivity index (χ4v) is 4.66. The van der Waals surface area contributed by atoms with E-state index in [0.29, 0.717) is 39.3 Å². The van der Waals surface area contributed by atoms with E-state index in [1.807, 2.05) is 36.4 Å². The Morgan fingerprint density at radius 1 is 1.13 bits per heavy atom. The summed E-state index contributed by atoms with van der Waals surface area (Å²) >= 11 is 7.43. The maximum Gasteiger partial charge on any atom is 0.262 e. The molecule has 3 heterocycles. The van der Waals surface area contributed by atoms with Crippen LogP contribution in [0, 0.1) is 0 Å². The summed E-state index contributed by atoms with van der Waals surface area (Å²) in [7, 11) is 0. The van der Waals surface area contributed by atoms with Crippen LogP contribution < -0.4 is 5.56 Å². The number of fused-ring (bicyclic) bond motifs is 1. The number of halogens is 1. The summed E-state index contributed by atoms with van der Waals surface area (Å²) < 4.78 is 13.1. The van der Waals surface area contributed by atoms with Gasteiger partial charge in [-0.3, -0.25) is 9.36 Å². The highest BCUT2D eigenvalue weighted by atomic mass is 35.5. The van der Waals surface area contributed by atoms with Gasteiger partial charge in [0, 0.05) is 22.9 Å². The van der Waals surface area contributed by atoms with E-state index in [9.17, 15) is 4.79 Å². The van der Waals surface area contributed by atoms with Gasteiger partial charge in [-0.25, -0.2) is 9.97 Å². The number of oxazole rings is 1. The maximum atomic E-state index is 13.2. The van der Waals surface area contributed by atoms with Crippen molar-refractivity contribution in [1.29, 1.82) is 0 Å². The van der Waals surface area contributed by atoms with Crippen LogP contribution in [0.25, 0.3) is 22.4 Å². The van der Waals surface area contributed by atoms with Crippen LogP contribution in [0.2, 0.25) is 5.02 Å². The van der Waals surface area contributed by atoms with Crippen molar-refractivity contribution in [2.45, 2.75) is 36.4 Å². The number of aromatic nitrogens is 3. The molecule has 6 nitrogen and oxygen atoms in total. The van der Waals surface area contributed by atoms with Gasteiger partial charge in [0.1, 0.15) is 6.26 Å². The van der Waals surface area contributed by atoms with Crippen molar-refractivity contribution in [3.05, 3.63) is 75.9 Å². The third kappa shape index (κ3) is 4.39. The van der Waals surface area contributed by atoms with Gasteiger partial charge in [0.2, 0.25) is 5.89 Å². The Bertz CT molecular complexity index is 1260. The summed E-state index contributed by atoms with van der Waals surface area (Å²) in [6, 6.07) is 14.8. The Labute approximate surface area is 188 Å². The van der Waals surface area contributed by atoms with Crippen LogP contribution in [0.1, 0.15) is 18.5 Å². The molecule has 2 aromatic carbocycles. The second-order valence-electron chi connectivity index (χ2n) is 7.40. The molecule has 4 aromatic rings. The fourth-order valence-electron chi connectivity index (χ4n) is 3.65. The number of rotatable bonds is 6. The quantitative estimate of drug-likeness (QED) is 0.296. The van der Waals surface area contributed by atoms with Crippen molar-refractivity contribution < 1.29 is 9.15 Å². The number of benzene rings is 2. The number of nitrogens with zero attached hydrogens (tertiary/aromatic N) is 3. The van der Waals surface area contributed by atoms with Gasteiger partial charge in [-0.05, 0) is 49.2 Å². The molecule has 0 unspecified atom stereocenters. The van der Waals surface area contributed by atoms with E-state index >= 15 is 0 Å². The molecular weight excluding hydrogens is 434 g/mol. The van der Waals surface area contributed by atoms with Gasteiger partial charge in [0.15, 0.2) is 5.16 Å². The van der Waals surface area contributed by atoms with Crippen molar-refractivity contribution in [2.75, 3.05) is 6.61 Å². The van der Waals surface area contributed by atoms with Gasteiger partial charge in [-0.1, -0.05) is 35.5 Å². The summed E-state index contributed by atoms with van der Waals surface area (Å²) in [4.78, 5) is 22.5. The predicted molar refractivity (Wildman–Crippen MR) is 121 cm³/mol. The first-order valence-electron chi connectivity index (χ1n) is 10.1. The lowest BCUT2D eigenvalue weighted by Crippen LogP contribution is -2.28. The summed E-state index contributed by atoms with van der Waals surface area (Å²) in [6.07, 6.45) is 3.66. The van der Waals surface area contributed by atoms with E-state index in [1.54, 1.807) is 23.0 Å². The molecule has 1 aliphatic rings. The van der Waals surface area contributed by atoms with Gasteiger partial charge >= 0.3 is 0 Å². The topological polar surface area (TPSA) is 70.2 Å². The Balaban J connectivity index is 1.41. The van der Waals surface area contributed by atoms with Crippen molar-refractivity contribution in [1.82, 2.24) is 14.5 Å². The number of ether oxygens (including phenoxy) is 1. The highest BCUT2D eigenvalue weighted by Crippen LogP contribution is 2.26. The zero-order valence-electron chi connectivity index (χ0n) is 16.7. The standard InChI is InChI=1S/C23H20ClN3O3S/c24-16-9-7-15(8-10-16)21-25-17(13-30-21)14-31-23-26-20-6-2-1-5-19(20)22(28)27(23)12-18-4-3-11-29-18/h1-2,5-10,13,18H,3-4,11-12,14H2/t18-/m1/s1. The van der Waals surface area contributed by atoms with Gasteiger partial charge in [-0.2, -0.15) is 0 Å². The lowest BCUT2D eigenvalue weighted by Gasteiger charge is -2.16. The van der Waals surface area contributed by atoms with E-state index in [1.165, 1.54) is 11.8 Å². The molecule has 5 rings (SSSR count). The average Bonchev–Trinajstić information content (AvgIpc) is 3.47. The van der Waals surface area contributed by atoms with E-state index in [2.05, 4.69) is 4.98 Å². The minimum atomic E-state index is -0.0365. The van der Waals surface area contributed by atoms with Crippen LogP contribution in [-0.4, -0.2) is 27.2 Å². The zero-order valence-corrected chi connectivity index (χ0v) is 18.2. The van der Waals surface area contributed by atoms with Crippen molar-refractivity contribution in [3.63, 3.8) is 0 Å². The molecule has 0 saturated carbocycles. The highest BCUT2D eigenvalue weighted by Gasteiger charge is 2.20. The number of hydrogen-bond donors (Lipinski definition) is 0. The normalized spacial score (nSPS) is 16.2. The van der Waals surface area contributed by atoms with Crippen molar-refractivity contribution in [2.24, 2.45) is 0 Å². The monoisotopic (exact) mass is 453 g/mol. The van der Waals surface area contributed by atoms with Gasteiger partial charge in [0.05, 0.1) is 29.2 Å². The first-order chi connectivity index (χ1) is 15.2. The van der Waals surface area contributed by atoms with Gasteiger partial charge < -0.3 is 9.15 Å². The fraction of sp³-hybridized carbons (Fsp3) is 0.261. The maximum absolute atomic E-state index is 13.2. The molecule has 1 saturated heterocycles. The summed E-state index contributed by atoms with van der Waals surface area (Å²) in [5.41, 5.74) is 2.30. The molecule has 0 spiro atoms. The van der Waals surface area contributed by atoms with E-state index in [0.717, 1.165) is 30.7 Å². The van der Waals surface area contributed by atoms with Crippen LogP contribution in [0.3, 0.4) is 0 Å². The molecule has 2 aromatic heterocycles. The Hall–Kier alpha value is -2.61. The van der Waals surface area contributed by atoms with Crippen LogP contribution >= 0.6 is 23.4 Å². The SMILES string of the molecule is O=c1c2ccccc2nc(SCc2coc(-c3ccc(Cl)cc3)n2)n1C[C@H]1CCCO1. The first-order valence-corrected chi connectivity index (χ1v) is 11.5. The Morgan fingerprint density at radius 3 is 2.77 bits per heavy atom. The third-order valence-corrected chi connectivity index (χ3v) is 6.49. The molecule has 0 aliphatic carbocycles. The predicted octanol–water partition coefficient (Wildman–Crippen LogP) is 5.18. The van der Waals surface area contributed by atoms with Crippen LogP contribution in [0.4, 0.5) is 0 Å². The number of thioether (sulfide) groups is 1. The Kier molecular flexibility index (Phi) is 5.80. The van der Waals surface area contributed by atoms with Gasteiger partial charge in [0.25, 0.3) is 5.56 Å². The second-order valence-corrected chi connectivity index (χ2v) is 8.78. The second kappa shape index (κ2) is 8.86. The molecule has 158 valence electrons. The minimum Gasteiger partial charge on any atom is -0.444 e. The molecule has 31 heavy (non-hydrogen) atoms.